The molecule has 1 aromatic carbocycles. The van der Waals surface area contributed by atoms with Gasteiger partial charge in [-0.3, -0.25) is 9.67 Å². The monoisotopic (exact) mass is 435 g/mol. The summed E-state index contributed by atoms with van der Waals surface area (Å²) in [5.41, 5.74) is 7.21. The van der Waals surface area contributed by atoms with Crippen molar-refractivity contribution in [3.8, 4) is 11.1 Å². The molecule has 0 aliphatic carbocycles. The molecule has 0 spiro atoms. The zero-order chi connectivity index (χ0) is 22.8. The fourth-order valence-corrected chi connectivity index (χ4v) is 3.60. The molecule has 0 unspecified atom stereocenters. The van der Waals surface area contributed by atoms with Crippen LogP contribution in [0.2, 0.25) is 0 Å². The largest absolute Gasteiger partial charge is 0.323 e. The first kappa shape index (κ1) is 20.8. The van der Waals surface area contributed by atoms with Gasteiger partial charge < -0.3 is 5.32 Å². The molecule has 0 bridgehead atoms. The van der Waals surface area contributed by atoms with Gasteiger partial charge in [0.1, 0.15) is 5.82 Å². The second-order valence-corrected chi connectivity index (χ2v) is 8.52. The van der Waals surface area contributed by atoms with E-state index < -0.39 is 0 Å². The highest BCUT2D eigenvalue weighted by Crippen LogP contribution is 2.24. The average Bonchev–Trinajstić information content (AvgIpc) is 3.29. The lowest BCUT2D eigenvalue weighted by Crippen LogP contribution is -2.00. The van der Waals surface area contributed by atoms with E-state index >= 15 is 0 Å². The molecule has 1 N–H and O–H groups in total. The maximum absolute atomic E-state index is 4.75. The zero-order valence-electron chi connectivity index (χ0n) is 18.9. The molecule has 0 fully saturated rings. The van der Waals surface area contributed by atoms with Gasteiger partial charge in [0.2, 0.25) is 0 Å². The van der Waals surface area contributed by atoms with Gasteiger partial charge in [-0.1, -0.05) is 43.7 Å². The fourth-order valence-electron chi connectivity index (χ4n) is 3.60. The Balaban J connectivity index is 1.38. The van der Waals surface area contributed by atoms with Crippen LogP contribution in [0.4, 0.5) is 11.6 Å². The first-order valence-corrected chi connectivity index (χ1v) is 11.0. The van der Waals surface area contributed by atoms with Crippen molar-refractivity contribution in [2.75, 3.05) is 5.32 Å². The fraction of sp³-hybridized carbons (Fsp3) is 0.192. The normalized spacial score (nSPS) is 11.3. The number of nitrogens with one attached hydrogen (secondary N) is 1. The number of hydrogen-bond donors (Lipinski definition) is 1. The minimum atomic E-state index is 0.379. The van der Waals surface area contributed by atoms with E-state index in [0.29, 0.717) is 17.6 Å². The summed E-state index contributed by atoms with van der Waals surface area (Å²) in [5.74, 6) is 1.76. The van der Waals surface area contributed by atoms with Gasteiger partial charge >= 0.3 is 0 Å². The number of pyridine rings is 2. The van der Waals surface area contributed by atoms with Gasteiger partial charge in [-0.25, -0.2) is 4.98 Å². The number of benzene rings is 1. The van der Waals surface area contributed by atoms with Crippen LogP contribution >= 0.6 is 0 Å². The third-order valence-corrected chi connectivity index (χ3v) is 5.57. The van der Waals surface area contributed by atoms with Crippen LogP contribution in [0, 0.1) is 6.92 Å². The summed E-state index contributed by atoms with van der Waals surface area (Å²) in [6.45, 7) is 7.08. The Kier molecular flexibility index (Phi) is 5.52. The van der Waals surface area contributed by atoms with Crippen molar-refractivity contribution >= 4 is 22.7 Å². The second kappa shape index (κ2) is 8.78. The van der Waals surface area contributed by atoms with Gasteiger partial charge in [-0.2, -0.15) is 10.2 Å². The molecular weight excluding hydrogens is 410 g/mol. The van der Waals surface area contributed by atoms with Gasteiger partial charge in [0.15, 0.2) is 5.82 Å². The summed E-state index contributed by atoms with van der Waals surface area (Å²) >= 11 is 0. The summed E-state index contributed by atoms with van der Waals surface area (Å²) < 4.78 is 1.94. The van der Waals surface area contributed by atoms with E-state index in [0.717, 1.165) is 34.3 Å². The molecule has 5 aromatic rings. The van der Waals surface area contributed by atoms with Crippen LogP contribution in [0.3, 0.4) is 0 Å². The third-order valence-electron chi connectivity index (χ3n) is 5.57. The number of hydrogen-bond acceptors (Lipinski definition) is 6. The van der Waals surface area contributed by atoms with E-state index in [9.17, 15) is 0 Å². The molecule has 5 rings (SSSR count). The van der Waals surface area contributed by atoms with E-state index in [1.54, 1.807) is 6.20 Å². The third kappa shape index (κ3) is 4.72. The van der Waals surface area contributed by atoms with Gasteiger partial charge in [0, 0.05) is 23.5 Å². The SMILES string of the molecule is Cc1ccc(Cn2cc(-c3cnc4ccc(Nc5cc(C(C)C)cnn5)nc4c3)cn2)cc1. The molecule has 33 heavy (non-hydrogen) atoms. The maximum atomic E-state index is 4.75. The number of aryl methyl sites for hydroxylation is 1. The van der Waals surface area contributed by atoms with Crippen molar-refractivity contribution in [2.45, 2.75) is 33.2 Å². The van der Waals surface area contributed by atoms with E-state index in [1.807, 2.05) is 47.5 Å². The van der Waals surface area contributed by atoms with Crippen LogP contribution in [0.25, 0.3) is 22.2 Å². The lowest BCUT2D eigenvalue weighted by molar-refractivity contribution is 0.687. The highest BCUT2D eigenvalue weighted by atomic mass is 15.3. The van der Waals surface area contributed by atoms with Crippen molar-refractivity contribution in [3.63, 3.8) is 0 Å². The Morgan fingerprint density at radius 3 is 2.55 bits per heavy atom. The molecule has 7 nitrogen and oxygen atoms in total. The highest BCUT2D eigenvalue weighted by Gasteiger charge is 2.08. The van der Waals surface area contributed by atoms with E-state index in [1.165, 1.54) is 11.1 Å². The molecule has 0 saturated heterocycles. The first-order valence-electron chi connectivity index (χ1n) is 11.0. The van der Waals surface area contributed by atoms with Crippen LogP contribution in [0.15, 0.2) is 73.3 Å². The molecule has 0 aliphatic heterocycles. The lowest BCUT2D eigenvalue weighted by Gasteiger charge is -2.09. The van der Waals surface area contributed by atoms with Crippen molar-refractivity contribution in [3.05, 3.63) is 90.0 Å². The predicted octanol–water partition coefficient (Wildman–Crippen LogP) is 5.51. The average molecular weight is 436 g/mol. The van der Waals surface area contributed by atoms with Crippen molar-refractivity contribution in [1.29, 1.82) is 0 Å². The number of fused-ring (bicyclic) bond motifs is 1. The van der Waals surface area contributed by atoms with Gasteiger partial charge in [0.25, 0.3) is 0 Å². The van der Waals surface area contributed by atoms with E-state index in [2.05, 4.69) is 70.6 Å². The highest BCUT2D eigenvalue weighted by molar-refractivity contribution is 5.81. The molecular formula is C26H25N7. The van der Waals surface area contributed by atoms with Crippen molar-refractivity contribution < 1.29 is 0 Å². The van der Waals surface area contributed by atoms with E-state index in [4.69, 9.17) is 4.98 Å². The lowest BCUT2D eigenvalue weighted by atomic mass is 10.1. The minimum absolute atomic E-state index is 0.379. The topological polar surface area (TPSA) is 81.4 Å². The molecule has 0 amide bonds. The van der Waals surface area contributed by atoms with Gasteiger partial charge in [-0.15, -0.1) is 5.10 Å². The number of rotatable bonds is 6. The number of nitrogens with zero attached hydrogens (tertiary/aromatic N) is 6. The zero-order valence-corrected chi connectivity index (χ0v) is 18.9. The van der Waals surface area contributed by atoms with Crippen LogP contribution < -0.4 is 5.32 Å². The molecule has 4 aromatic heterocycles. The van der Waals surface area contributed by atoms with Crippen LogP contribution in [-0.4, -0.2) is 29.9 Å². The second-order valence-electron chi connectivity index (χ2n) is 8.52. The molecule has 4 heterocycles. The Morgan fingerprint density at radius 2 is 1.73 bits per heavy atom. The standard InChI is InChI=1S/C26H25N7/c1-17(2)20-11-26(32-28-13-20)31-25-9-8-23-24(30-25)10-21(12-27-23)22-14-29-33(16-22)15-19-6-4-18(3)5-7-19/h4-14,16-17H,15H2,1-3H3,(H,30,31,32). The Hall–Kier alpha value is -4.13. The first-order chi connectivity index (χ1) is 16.0. The van der Waals surface area contributed by atoms with E-state index in [-0.39, 0.29) is 0 Å². The predicted molar refractivity (Wildman–Crippen MR) is 130 cm³/mol. The van der Waals surface area contributed by atoms with Crippen molar-refractivity contribution in [2.24, 2.45) is 0 Å². The molecule has 7 heteroatoms. The summed E-state index contributed by atoms with van der Waals surface area (Å²) in [4.78, 5) is 9.34. The van der Waals surface area contributed by atoms with Crippen LogP contribution in [-0.2, 0) is 6.54 Å². The molecule has 0 atom stereocenters. The van der Waals surface area contributed by atoms with Crippen LogP contribution in [0.5, 0.6) is 0 Å². The van der Waals surface area contributed by atoms with Crippen molar-refractivity contribution in [1.82, 2.24) is 29.9 Å². The Morgan fingerprint density at radius 1 is 0.879 bits per heavy atom. The summed E-state index contributed by atoms with van der Waals surface area (Å²) in [7, 11) is 0. The Bertz CT molecular complexity index is 1400. The molecule has 0 radical (unpaired) electrons. The molecule has 0 aliphatic rings. The smallest absolute Gasteiger partial charge is 0.154 e. The molecule has 164 valence electrons. The summed E-state index contributed by atoms with van der Waals surface area (Å²) in [5, 5.41) is 16.1. The number of anilines is 2. The maximum Gasteiger partial charge on any atom is 0.154 e. The Labute approximate surface area is 192 Å². The summed E-state index contributed by atoms with van der Waals surface area (Å²) in [6.07, 6.45) is 7.56. The van der Waals surface area contributed by atoms with Gasteiger partial charge in [0.05, 0.1) is 30.0 Å². The minimum Gasteiger partial charge on any atom is -0.323 e. The summed E-state index contributed by atoms with van der Waals surface area (Å²) in [6, 6.07) is 16.4. The molecule has 0 saturated carbocycles. The quantitative estimate of drug-likeness (QED) is 0.379. The van der Waals surface area contributed by atoms with Crippen LogP contribution in [0.1, 0.15) is 36.5 Å². The van der Waals surface area contributed by atoms with Gasteiger partial charge in [-0.05, 0) is 48.2 Å². The number of aromatic nitrogens is 6.